The Bertz CT molecular complexity index is 807. The quantitative estimate of drug-likeness (QED) is 0.690. The SMILES string of the molecule is COC(=O)c1ccc2oc(-c3cccc(OC)c3)nc2c1. The first-order valence-corrected chi connectivity index (χ1v) is 6.34. The van der Waals surface area contributed by atoms with Crippen LogP contribution in [0.25, 0.3) is 22.6 Å². The number of aromatic nitrogens is 1. The summed E-state index contributed by atoms with van der Waals surface area (Å²) in [5.74, 6) is 0.804. The lowest BCUT2D eigenvalue weighted by atomic mass is 10.2. The van der Waals surface area contributed by atoms with E-state index in [1.807, 2.05) is 24.3 Å². The number of nitrogens with zero attached hydrogens (tertiary/aromatic N) is 1. The molecule has 0 bridgehead atoms. The Hall–Kier alpha value is -2.82. The molecule has 0 atom stereocenters. The average molecular weight is 283 g/mol. The third-order valence-corrected chi connectivity index (χ3v) is 3.13. The van der Waals surface area contributed by atoms with Crippen molar-refractivity contribution < 1.29 is 18.7 Å². The normalized spacial score (nSPS) is 10.6. The minimum absolute atomic E-state index is 0.400. The lowest BCUT2D eigenvalue weighted by Crippen LogP contribution is -2.00. The first-order chi connectivity index (χ1) is 10.2. The molecule has 0 N–H and O–H groups in total. The Morgan fingerprint density at radius 2 is 2.00 bits per heavy atom. The number of benzene rings is 2. The zero-order chi connectivity index (χ0) is 14.8. The molecule has 5 heteroatoms. The average Bonchev–Trinajstić information content (AvgIpc) is 2.97. The van der Waals surface area contributed by atoms with Crippen molar-refractivity contribution in [2.45, 2.75) is 0 Å². The Morgan fingerprint density at radius 1 is 1.14 bits per heavy atom. The predicted molar refractivity (Wildman–Crippen MR) is 77.3 cm³/mol. The molecule has 0 saturated carbocycles. The monoisotopic (exact) mass is 283 g/mol. The fraction of sp³-hybridized carbons (Fsp3) is 0.125. The second-order valence-corrected chi connectivity index (χ2v) is 4.43. The number of carbonyl (C=O) groups excluding carboxylic acids is 1. The van der Waals surface area contributed by atoms with Gasteiger partial charge < -0.3 is 13.9 Å². The van der Waals surface area contributed by atoms with Gasteiger partial charge in [-0.15, -0.1) is 0 Å². The Labute approximate surface area is 121 Å². The van der Waals surface area contributed by atoms with Crippen molar-refractivity contribution in [1.82, 2.24) is 4.98 Å². The lowest BCUT2D eigenvalue weighted by molar-refractivity contribution is 0.0601. The first kappa shape index (κ1) is 13.2. The van der Waals surface area contributed by atoms with Gasteiger partial charge in [-0.3, -0.25) is 0 Å². The number of hydrogen-bond acceptors (Lipinski definition) is 5. The summed E-state index contributed by atoms with van der Waals surface area (Å²) in [6, 6.07) is 12.4. The molecule has 21 heavy (non-hydrogen) atoms. The van der Waals surface area contributed by atoms with E-state index in [9.17, 15) is 4.79 Å². The fourth-order valence-electron chi connectivity index (χ4n) is 2.05. The summed E-state index contributed by atoms with van der Waals surface area (Å²) in [5.41, 5.74) is 2.47. The Balaban J connectivity index is 2.06. The van der Waals surface area contributed by atoms with E-state index >= 15 is 0 Å². The van der Waals surface area contributed by atoms with Gasteiger partial charge in [-0.1, -0.05) is 6.07 Å². The maximum absolute atomic E-state index is 11.5. The molecule has 0 fully saturated rings. The van der Waals surface area contributed by atoms with Crippen LogP contribution >= 0.6 is 0 Å². The number of ether oxygens (including phenoxy) is 2. The smallest absolute Gasteiger partial charge is 0.337 e. The summed E-state index contributed by atoms with van der Waals surface area (Å²) in [6.07, 6.45) is 0. The summed E-state index contributed by atoms with van der Waals surface area (Å²) in [4.78, 5) is 15.9. The van der Waals surface area contributed by atoms with Gasteiger partial charge in [-0.25, -0.2) is 9.78 Å². The summed E-state index contributed by atoms with van der Waals surface area (Å²) in [6.45, 7) is 0. The molecule has 1 heterocycles. The van der Waals surface area contributed by atoms with Gasteiger partial charge in [-0.2, -0.15) is 0 Å². The zero-order valence-electron chi connectivity index (χ0n) is 11.6. The number of carbonyl (C=O) groups is 1. The summed E-state index contributed by atoms with van der Waals surface area (Å²) >= 11 is 0. The molecule has 0 aliphatic heterocycles. The molecule has 106 valence electrons. The highest BCUT2D eigenvalue weighted by atomic mass is 16.5. The van der Waals surface area contributed by atoms with Gasteiger partial charge in [0.1, 0.15) is 11.3 Å². The van der Waals surface area contributed by atoms with Crippen LogP contribution in [0, 0.1) is 0 Å². The van der Waals surface area contributed by atoms with Gasteiger partial charge in [0.2, 0.25) is 5.89 Å². The predicted octanol–water partition coefficient (Wildman–Crippen LogP) is 3.29. The molecule has 1 aromatic heterocycles. The van der Waals surface area contributed by atoms with Gasteiger partial charge in [0.05, 0.1) is 19.8 Å². The maximum atomic E-state index is 11.5. The van der Waals surface area contributed by atoms with E-state index in [2.05, 4.69) is 4.98 Å². The lowest BCUT2D eigenvalue weighted by Gasteiger charge is -2.00. The van der Waals surface area contributed by atoms with Crippen molar-refractivity contribution in [2.24, 2.45) is 0 Å². The van der Waals surface area contributed by atoms with Crippen LogP contribution in [0.2, 0.25) is 0 Å². The molecule has 0 aliphatic rings. The third kappa shape index (κ3) is 2.45. The number of methoxy groups -OCH3 is 2. The van der Waals surface area contributed by atoms with Crippen LogP contribution in [0.4, 0.5) is 0 Å². The van der Waals surface area contributed by atoms with Crippen LogP contribution in [0.3, 0.4) is 0 Å². The second kappa shape index (κ2) is 5.28. The largest absolute Gasteiger partial charge is 0.497 e. The molecule has 3 rings (SSSR count). The summed E-state index contributed by atoms with van der Waals surface area (Å²) in [5, 5.41) is 0. The molecule has 0 amide bonds. The van der Waals surface area contributed by atoms with Crippen molar-refractivity contribution in [3.8, 4) is 17.2 Å². The molecule has 0 aliphatic carbocycles. The van der Waals surface area contributed by atoms with Gasteiger partial charge in [0.25, 0.3) is 0 Å². The van der Waals surface area contributed by atoms with E-state index in [1.165, 1.54) is 7.11 Å². The molecule has 3 aromatic rings. The fourth-order valence-corrected chi connectivity index (χ4v) is 2.05. The number of rotatable bonds is 3. The highest BCUT2D eigenvalue weighted by Crippen LogP contribution is 2.27. The number of hydrogen-bond donors (Lipinski definition) is 0. The molecule has 0 saturated heterocycles. The molecule has 0 spiro atoms. The van der Waals surface area contributed by atoms with Gasteiger partial charge in [-0.05, 0) is 36.4 Å². The molecule has 0 unspecified atom stereocenters. The van der Waals surface area contributed by atoms with Crippen LogP contribution in [0.5, 0.6) is 5.75 Å². The number of esters is 1. The zero-order valence-corrected chi connectivity index (χ0v) is 11.6. The minimum atomic E-state index is -0.400. The van der Waals surface area contributed by atoms with Gasteiger partial charge >= 0.3 is 5.97 Å². The number of oxazole rings is 1. The van der Waals surface area contributed by atoms with Crippen molar-refractivity contribution in [3.05, 3.63) is 48.0 Å². The van der Waals surface area contributed by atoms with E-state index in [0.29, 0.717) is 22.6 Å². The first-order valence-electron chi connectivity index (χ1n) is 6.34. The van der Waals surface area contributed by atoms with Crippen molar-refractivity contribution in [1.29, 1.82) is 0 Å². The van der Waals surface area contributed by atoms with Crippen molar-refractivity contribution >= 4 is 17.1 Å². The third-order valence-electron chi connectivity index (χ3n) is 3.13. The van der Waals surface area contributed by atoms with E-state index in [1.54, 1.807) is 25.3 Å². The standard InChI is InChI=1S/C16H13NO4/c1-19-12-5-3-4-10(8-12)15-17-13-9-11(16(18)20-2)6-7-14(13)21-15/h3-9H,1-2H3. The molecule has 5 nitrogen and oxygen atoms in total. The van der Waals surface area contributed by atoms with E-state index in [4.69, 9.17) is 13.9 Å². The van der Waals surface area contributed by atoms with Crippen molar-refractivity contribution in [2.75, 3.05) is 14.2 Å². The Kier molecular flexibility index (Phi) is 3.31. The van der Waals surface area contributed by atoms with Gasteiger partial charge in [0, 0.05) is 5.56 Å². The summed E-state index contributed by atoms with van der Waals surface area (Å²) in [7, 11) is 2.95. The Morgan fingerprint density at radius 3 is 2.76 bits per heavy atom. The van der Waals surface area contributed by atoms with Crippen LogP contribution in [0.1, 0.15) is 10.4 Å². The second-order valence-electron chi connectivity index (χ2n) is 4.43. The van der Waals surface area contributed by atoms with Crippen LogP contribution in [-0.2, 0) is 4.74 Å². The van der Waals surface area contributed by atoms with Crippen molar-refractivity contribution in [3.63, 3.8) is 0 Å². The number of fused-ring (bicyclic) bond motifs is 1. The topological polar surface area (TPSA) is 61.6 Å². The van der Waals surface area contributed by atoms with Crippen LogP contribution < -0.4 is 4.74 Å². The molecule has 0 radical (unpaired) electrons. The molecular formula is C16H13NO4. The van der Waals surface area contributed by atoms with Crippen LogP contribution in [0.15, 0.2) is 46.9 Å². The van der Waals surface area contributed by atoms with E-state index in [-0.39, 0.29) is 0 Å². The van der Waals surface area contributed by atoms with E-state index in [0.717, 1.165) is 11.3 Å². The summed E-state index contributed by atoms with van der Waals surface area (Å²) < 4.78 is 15.6. The van der Waals surface area contributed by atoms with Crippen LogP contribution in [-0.4, -0.2) is 25.2 Å². The highest BCUT2D eigenvalue weighted by Gasteiger charge is 2.12. The van der Waals surface area contributed by atoms with Gasteiger partial charge in [0.15, 0.2) is 5.58 Å². The highest BCUT2D eigenvalue weighted by molar-refractivity contribution is 5.93. The minimum Gasteiger partial charge on any atom is -0.497 e. The van der Waals surface area contributed by atoms with E-state index < -0.39 is 5.97 Å². The maximum Gasteiger partial charge on any atom is 0.337 e. The molecular weight excluding hydrogens is 270 g/mol. The molecule has 2 aromatic carbocycles.